The van der Waals surface area contributed by atoms with Crippen molar-refractivity contribution in [2.75, 3.05) is 0 Å². The number of fused-ring (bicyclic) bond motifs is 1. The standard InChI is InChI=1S/C15H10F2N2O2S/c16-10-3-1-2-8(13(10)17)7-18-14(21)15-19-11-5-4-9(20)6-12(11)22-15/h1-6,20H,7H2,(H,18,21). The molecule has 0 spiro atoms. The van der Waals surface area contributed by atoms with Crippen molar-refractivity contribution >= 4 is 27.5 Å². The van der Waals surface area contributed by atoms with Gasteiger partial charge in [0, 0.05) is 12.1 Å². The third-order valence-electron chi connectivity index (χ3n) is 3.04. The van der Waals surface area contributed by atoms with Gasteiger partial charge < -0.3 is 10.4 Å². The minimum absolute atomic E-state index is 0.0621. The van der Waals surface area contributed by atoms with Crippen molar-refractivity contribution in [3.8, 4) is 5.75 Å². The Bertz CT molecular complexity index is 864. The summed E-state index contributed by atoms with van der Waals surface area (Å²) in [5.74, 6) is -2.33. The number of carbonyl (C=O) groups excluding carboxylic acids is 1. The molecule has 1 aromatic heterocycles. The van der Waals surface area contributed by atoms with E-state index in [-0.39, 0.29) is 22.9 Å². The second kappa shape index (κ2) is 5.69. The molecular weight excluding hydrogens is 310 g/mol. The molecule has 22 heavy (non-hydrogen) atoms. The molecule has 0 aliphatic rings. The second-order valence-electron chi connectivity index (χ2n) is 4.57. The highest BCUT2D eigenvalue weighted by molar-refractivity contribution is 7.20. The minimum Gasteiger partial charge on any atom is -0.508 e. The van der Waals surface area contributed by atoms with Crippen molar-refractivity contribution in [2.24, 2.45) is 0 Å². The number of hydrogen-bond donors (Lipinski definition) is 2. The molecule has 0 radical (unpaired) electrons. The lowest BCUT2D eigenvalue weighted by Gasteiger charge is -2.04. The van der Waals surface area contributed by atoms with E-state index in [1.165, 1.54) is 24.3 Å². The molecule has 0 bridgehead atoms. The Morgan fingerprint density at radius 1 is 1.27 bits per heavy atom. The Morgan fingerprint density at radius 3 is 2.91 bits per heavy atom. The van der Waals surface area contributed by atoms with Crippen LogP contribution in [-0.4, -0.2) is 16.0 Å². The molecule has 3 rings (SSSR count). The van der Waals surface area contributed by atoms with Crippen LogP contribution in [0.5, 0.6) is 5.75 Å². The molecule has 7 heteroatoms. The van der Waals surface area contributed by atoms with E-state index in [4.69, 9.17) is 0 Å². The van der Waals surface area contributed by atoms with Gasteiger partial charge in [0.05, 0.1) is 10.2 Å². The third-order valence-corrected chi connectivity index (χ3v) is 4.05. The first-order valence-corrected chi connectivity index (χ1v) is 7.17. The summed E-state index contributed by atoms with van der Waals surface area (Å²) in [5, 5.41) is 12.1. The zero-order valence-electron chi connectivity index (χ0n) is 11.1. The molecular formula is C15H10F2N2O2S. The number of benzene rings is 2. The molecule has 112 valence electrons. The number of phenolic OH excluding ortho intramolecular Hbond substituents is 1. The fraction of sp³-hybridized carbons (Fsp3) is 0.0667. The van der Waals surface area contributed by atoms with Crippen molar-refractivity contribution in [1.82, 2.24) is 10.3 Å². The number of nitrogens with one attached hydrogen (secondary N) is 1. The van der Waals surface area contributed by atoms with Crippen molar-refractivity contribution in [3.63, 3.8) is 0 Å². The number of halogens is 2. The molecule has 1 heterocycles. The van der Waals surface area contributed by atoms with E-state index in [0.29, 0.717) is 10.2 Å². The molecule has 0 aliphatic carbocycles. The second-order valence-corrected chi connectivity index (χ2v) is 5.60. The number of rotatable bonds is 3. The first-order chi connectivity index (χ1) is 10.5. The average Bonchev–Trinajstić information content (AvgIpc) is 2.91. The average molecular weight is 320 g/mol. The van der Waals surface area contributed by atoms with Crippen LogP contribution in [0.15, 0.2) is 36.4 Å². The summed E-state index contributed by atoms with van der Waals surface area (Å²) >= 11 is 1.11. The summed E-state index contributed by atoms with van der Waals surface area (Å²) in [4.78, 5) is 16.2. The van der Waals surface area contributed by atoms with Crippen LogP contribution >= 0.6 is 11.3 Å². The summed E-state index contributed by atoms with van der Waals surface area (Å²) in [6, 6.07) is 8.38. The number of thiazole rings is 1. The largest absolute Gasteiger partial charge is 0.508 e. The first-order valence-electron chi connectivity index (χ1n) is 6.35. The van der Waals surface area contributed by atoms with Crippen molar-refractivity contribution in [3.05, 3.63) is 58.6 Å². The Hall–Kier alpha value is -2.54. The van der Waals surface area contributed by atoms with Gasteiger partial charge in [-0.1, -0.05) is 12.1 Å². The normalized spacial score (nSPS) is 10.8. The van der Waals surface area contributed by atoms with Gasteiger partial charge in [-0.2, -0.15) is 0 Å². The topological polar surface area (TPSA) is 62.2 Å². The maximum absolute atomic E-state index is 13.5. The van der Waals surface area contributed by atoms with Crippen LogP contribution in [0.3, 0.4) is 0 Å². The Labute approximate surface area is 128 Å². The molecule has 0 atom stereocenters. The molecule has 3 aromatic rings. The zero-order chi connectivity index (χ0) is 15.7. The van der Waals surface area contributed by atoms with E-state index in [2.05, 4.69) is 10.3 Å². The molecule has 0 unspecified atom stereocenters. The first kappa shape index (κ1) is 14.4. The fourth-order valence-electron chi connectivity index (χ4n) is 1.95. The van der Waals surface area contributed by atoms with Crippen LogP contribution in [0, 0.1) is 11.6 Å². The highest BCUT2D eigenvalue weighted by atomic mass is 32.1. The van der Waals surface area contributed by atoms with Crippen molar-refractivity contribution < 1.29 is 18.7 Å². The van der Waals surface area contributed by atoms with E-state index >= 15 is 0 Å². The lowest BCUT2D eigenvalue weighted by atomic mass is 10.2. The Morgan fingerprint density at radius 2 is 2.09 bits per heavy atom. The lowest BCUT2D eigenvalue weighted by Crippen LogP contribution is -2.23. The van der Waals surface area contributed by atoms with Crippen LogP contribution in [0.4, 0.5) is 8.78 Å². The van der Waals surface area contributed by atoms with E-state index < -0.39 is 17.5 Å². The summed E-state index contributed by atoms with van der Waals surface area (Å²) in [7, 11) is 0. The zero-order valence-corrected chi connectivity index (χ0v) is 12.0. The van der Waals surface area contributed by atoms with E-state index in [0.717, 1.165) is 17.4 Å². The minimum atomic E-state index is -0.975. The summed E-state index contributed by atoms with van der Waals surface area (Å²) < 4.78 is 27.3. The molecule has 0 saturated carbocycles. The predicted octanol–water partition coefficient (Wildman–Crippen LogP) is 3.21. The Kier molecular flexibility index (Phi) is 3.72. The Balaban J connectivity index is 1.77. The highest BCUT2D eigenvalue weighted by Gasteiger charge is 2.14. The molecule has 0 fully saturated rings. The SMILES string of the molecule is O=C(NCc1cccc(F)c1F)c1nc2ccc(O)cc2s1. The van der Waals surface area contributed by atoms with Gasteiger partial charge in [-0.25, -0.2) is 13.8 Å². The third kappa shape index (κ3) is 2.75. The van der Waals surface area contributed by atoms with Crippen LogP contribution in [-0.2, 0) is 6.54 Å². The van der Waals surface area contributed by atoms with Gasteiger partial charge in [0.2, 0.25) is 0 Å². The fourth-order valence-corrected chi connectivity index (χ4v) is 2.86. The molecule has 4 nitrogen and oxygen atoms in total. The summed E-state index contributed by atoms with van der Waals surface area (Å²) in [6.45, 7) is -0.135. The number of carbonyl (C=O) groups is 1. The van der Waals surface area contributed by atoms with E-state index in [9.17, 15) is 18.7 Å². The van der Waals surface area contributed by atoms with Crippen LogP contribution < -0.4 is 5.32 Å². The van der Waals surface area contributed by atoms with Crippen LogP contribution in [0.1, 0.15) is 15.4 Å². The highest BCUT2D eigenvalue weighted by Crippen LogP contribution is 2.25. The van der Waals surface area contributed by atoms with Gasteiger partial charge in [-0.05, 0) is 24.3 Å². The maximum atomic E-state index is 13.5. The monoisotopic (exact) mass is 320 g/mol. The number of aromatic hydroxyl groups is 1. The van der Waals surface area contributed by atoms with Gasteiger partial charge in [0.1, 0.15) is 5.75 Å². The smallest absolute Gasteiger partial charge is 0.280 e. The number of hydrogen-bond acceptors (Lipinski definition) is 4. The summed E-state index contributed by atoms with van der Waals surface area (Å²) in [5.41, 5.74) is 0.650. The number of aromatic nitrogens is 1. The molecule has 0 saturated heterocycles. The van der Waals surface area contributed by atoms with Gasteiger partial charge in [-0.3, -0.25) is 4.79 Å². The van der Waals surface area contributed by atoms with E-state index in [1.54, 1.807) is 6.07 Å². The quantitative estimate of drug-likeness (QED) is 0.779. The van der Waals surface area contributed by atoms with Crippen molar-refractivity contribution in [2.45, 2.75) is 6.54 Å². The van der Waals surface area contributed by atoms with Gasteiger partial charge in [-0.15, -0.1) is 11.3 Å². The maximum Gasteiger partial charge on any atom is 0.280 e. The van der Waals surface area contributed by atoms with Gasteiger partial charge in [0.25, 0.3) is 5.91 Å². The lowest BCUT2D eigenvalue weighted by molar-refractivity contribution is 0.0950. The molecule has 2 N–H and O–H groups in total. The molecule has 0 aliphatic heterocycles. The molecule has 2 aromatic carbocycles. The van der Waals surface area contributed by atoms with E-state index in [1.807, 2.05) is 0 Å². The predicted molar refractivity (Wildman–Crippen MR) is 78.8 cm³/mol. The molecule has 1 amide bonds. The van der Waals surface area contributed by atoms with Crippen LogP contribution in [0.25, 0.3) is 10.2 Å². The number of amides is 1. The summed E-state index contributed by atoms with van der Waals surface area (Å²) in [6.07, 6.45) is 0. The van der Waals surface area contributed by atoms with Gasteiger partial charge in [0.15, 0.2) is 16.6 Å². The van der Waals surface area contributed by atoms with Crippen molar-refractivity contribution in [1.29, 1.82) is 0 Å². The van der Waals surface area contributed by atoms with Gasteiger partial charge >= 0.3 is 0 Å². The number of phenols is 1. The van der Waals surface area contributed by atoms with Crippen LogP contribution in [0.2, 0.25) is 0 Å². The number of nitrogens with zero attached hydrogens (tertiary/aromatic N) is 1.